The van der Waals surface area contributed by atoms with Gasteiger partial charge in [-0.2, -0.15) is 0 Å². The maximum absolute atomic E-state index is 12.1. The average Bonchev–Trinajstić information content (AvgIpc) is 3.10. The molecular formula is C17H22N4OS. The van der Waals surface area contributed by atoms with Crippen LogP contribution in [0.5, 0.6) is 0 Å². The van der Waals surface area contributed by atoms with Crippen LogP contribution >= 0.6 is 11.8 Å². The highest BCUT2D eigenvalue weighted by Crippen LogP contribution is 2.51. The quantitative estimate of drug-likeness (QED) is 0.821. The van der Waals surface area contributed by atoms with Crippen molar-refractivity contribution in [3.63, 3.8) is 0 Å². The van der Waals surface area contributed by atoms with Crippen molar-refractivity contribution >= 4 is 17.8 Å². The molecular weight excluding hydrogens is 308 g/mol. The normalized spacial score (nSPS) is 16.6. The van der Waals surface area contributed by atoms with Gasteiger partial charge in [-0.05, 0) is 31.9 Å². The SMILES string of the molecule is C[C@@H](Cn1ccnc1)NC(=O)NCC1(Sc2ccccc2)CC1. The largest absolute Gasteiger partial charge is 0.337 e. The zero-order valence-corrected chi connectivity index (χ0v) is 14.1. The first kappa shape index (κ1) is 15.9. The van der Waals surface area contributed by atoms with Crippen LogP contribution in [0.25, 0.3) is 0 Å². The molecule has 1 heterocycles. The number of carbonyl (C=O) groups excluding carboxylic acids is 1. The van der Waals surface area contributed by atoms with Crippen LogP contribution in [0.1, 0.15) is 19.8 Å². The van der Waals surface area contributed by atoms with Crippen molar-refractivity contribution in [3.05, 3.63) is 49.1 Å². The van der Waals surface area contributed by atoms with Gasteiger partial charge in [-0.25, -0.2) is 9.78 Å². The van der Waals surface area contributed by atoms with Gasteiger partial charge in [0, 0.05) is 41.2 Å². The van der Waals surface area contributed by atoms with Gasteiger partial charge in [0.1, 0.15) is 0 Å². The number of carbonyl (C=O) groups is 1. The Bertz CT molecular complexity index is 625. The number of benzene rings is 1. The lowest BCUT2D eigenvalue weighted by molar-refractivity contribution is 0.236. The first-order chi connectivity index (χ1) is 11.2. The average molecular weight is 330 g/mol. The fraction of sp³-hybridized carbons (Fsp3) is 0.412. The molecule has 1 aromatic carbocycles. The highest BCUT2D eigenvalue weighted by atomic mass is 32.2. The van der Waals surface area contributed by atoms with E-state index < -0.39 is 0 Å². The van der Waals surface area contributed by atoms with Gasteiger partial charge >= 0.3 is 6.03 Å². The number of nitrogens with zero attached hydrogens (tertiary/aromatic N) is 2. The Hall–Kier alpha value is -1.95. The Labute approximate surface area is 140 Å². The third-order valence-electron chi connectivity index (χ3n) is 3.88. The van der Waals surface area contributed by atoms with Crippen molar-refractivity contribution in [2.24, 2.45) is 0 Å². The topological polar surface area (TPSA) is 59.0 Å². The minimum Gasteiger partial charge on any atom is -0.337 e. The summed E-state index contributed by atoms with van der Waals surface area (Å²) in [6.45, 7) is 3.42. The molecule has 122 valence electrons. The zero-order valence-electron chi connectivity index (χ0n) is 13.2. The van der Waals surface area contributed by atoms with E-state index in [-0.39, 0.29) is 16.8 Å². The second-order valence-corrected chi connectivity index (χ2v) is 7.63. The van der Waals surface area contributed by atoms with Gasteiger partial charge in [0.25, 0.3) is 0 Å². The van der Waals surface area contributed by atoms with Gasteiger partial charge in [0.05, 0.1) is 6.33 Å². The van der Waals surface area contributed by atoms with Crippen LogP contribution in [-0.4, -0.2) is 32.9 Å². The fourth-order valence-corrected chi connectivity index (χ4v) is 3.71. The summed E-state index contributed by atoms with van der Waals surface area (Å²) in [5, 5.41) is 5.99. The predicted molar refractivity (Wildman–Crippen MR) is 92.5 cm³/mol. The van der Waals surface area contributed by atoms with Crippen LogP contribution < -0.4 is 10.6 Å². The molecule has 1 atom stereocenters. The molecule has 0 saturated heterocycles. The molecule has 1 aliphatic rings. The highest BCUT2D eigenvalue weighted by molar-refractivity contribution is 8.01. The van der Waals surface area contributed by atoms with Gasteiger partial charge in [0.15, 0.2) is 0 Å². The number of aromatic nitrogens is 2. The monoisotopic (exact) mass is 330 g/mol. The molecule has 6 heteroatoms. The molecule has 0 radical (unpaired) electrons. The molecule has 2 amide bonds. The summed E-state index contributed by atoms with van der Waals surface area (Å²) in [6.07, 6.45) is 7.69. The van der Waals surface area contributed by atoms with Crippen LogP contribution in [0.2, 0.25) is 0 Å². The van der Waals surface area contributed by atoms with Crippen LogP contribution in [0, 0.1) is 0 Å². The summed E-state index contributed by atoms with van der Waals surface area (Å²) in [4.78, 5) is 17.3. The van der Waals surface area contributed by atoms with E-state index in [1.54, 1.807) is 12.5 Å². The van der Waals surface area contributed by atoms with Crippen molar-refractivity contribution in [2.75, 3.05) is 6.54 Å². The van der Waals surface area contributed by atoms with Crippen molar-refractivity contribution < 1.29 is 4.79 Å². The van der Waals surface area contributed by atoms with Crippen molar-refractivity contribution in [1.29, 1.82) is 0 Å². The van der Waals surface area contributed by atoms with E-state index in [4.69, 9.17) is 0 Å². The molecule has 5 nitrogen and oxygen atoms in total. The Morgan fingerprint density at radius 2 is 2.17 bits per heavy atom. The van der Waals surface area contributed by atoms with Gasteiger partial charge in [-0.1, -0.05) is 18.2 Å². The Kier molecular flexibility index (Phi) is 4.91. The molecule has 1 fully saturated rings. The smallest absolute Gasteiger partial charge is 0.315 e. The van der Waals surface area contributed by atoms with E-state index in [2.05, 4.69) is 39.9 Å². The van der Waals surface area contributed by atoms with E-state index in [0.717, 1.165) is 19.4 Å². The second-order valence-electron chi connectivity index (χ2n) is 6.09. The molecule has 3 rings (SSSR count). The molecule has 2 aromatic rings. The Morgan fingerprint density at radius 3 is 2.83 bits per heavy atom. The molecule has 0 spiro atoms. The maximum Gasteiger partial charge on any atom is 0.315 e. The molecule has 0 bridgehead atoms. The van der Waals surface area contributed by atoms with Crippen LogP contribution in [0.15, 0.2) is 53.9 Å². The molecule has 2 N–H and O–H groups in total. The van der Waals surface area contributed by atoms with Crippen LogP contribution in [-0.2, 0) is 6.54 Å². The van der Waals surface area contributed by atoms with Crippen molar-refractivity contribution in [3.8, 4) is 0 Å². The number of amides is 2. The molecule has 23 heavy (non-hydrogen) atoms. The number of nitrogens with one attached hydrogen (secondary N) is 2. The third kappa shape index (κ3) is 4.76. The number of hydrogen-bond acceptors (Lipinski definition) is 3. The summed E-state index contributed by atoms with van der Waals surface area (Å²) in [6, 6.07) is 10.3. The first-order valence-corrected chi connectivity index (χ1v) is 8.71. The van der Waals surface area contributed by atoms with E-state index in [1.807, 2.05) is 35.5 Å². The maximum atomic E-state index is 12.1. The number of thioether (sulfide) groups is 1. The van der Waals surface area contributed by atoms with Crippen molar-refractivity contribution in [1.82, 2.24) is 20.2 Å². The van der Waals surface area contributed by atoms with Gasteiger partial charge in [0.2, 0.25) is 0 Å². The predicted octanol–water partition coefficient (Wildman–Crippen LogP) is 2.90. The number of urea groups is 1. The zero-order chi connectivity index (χ0) is 16.1. The summed E-state index contributed by atoms with van der Waals surface area (Å²) in [5.41, 5.74) is 0. The lowest BCUT2D eigenvalue weighted by atomic mass is 10.3. The van der Waals surface area contributed by atoms with E-state index in [9.17, 15) is 4.79 Å². The number of rotatable bonds is 7. The van der Waals surface area contributed by atoms with E-state index in [0.29, 0.717) is 6.54 Å². The van der Waals surface area contributed by atoms with Crippen molar-refractivity contribution in [2.45, 2.75) is 42.0 Å². The van der Waals surface area contributed by atoms with Gasteiger partial charge < -0.3 is 15.2 Å². The molecule has 0 unspecified atom stereocenters. The van der Waals surface area contributed by atoms with Crippen LogP contribution in [0.4, 0.5) is 4.79 Å². The second kappa shape index (κ2) is 7.08. The van der Waals surface area contributed by atoms with E-state index >= 15 is 0 Å². The lowest BCUT2D eigenvalue weighted by Gasteiger charge is -2.18. The van der Waals surface area contributed by atoms with Gasteiger partial charge in [-0.15, -0.1) is 11.8 Å². The molecule has 0 aliphatic heterocycles. The summed E-state index contributed by atoms with van der Waals surface area (Å²) in [7, 11) is 0. The van der Waals surface area contributed by atoms with E-state index in [1.165, 1.54) is 4.90 Å². The molecule has 1 aliphatic carbocycles. The third-order valence-corrected chi connectivity index (χ3v) is 5.37. The Balaban J connectivity index is 1.42. The summed E-state index contributed by atoms with van der Waals surface area (Å²) >= 11 is 1.87. The first-order valence-electron chi connectivity index (χ1n) is 7.89. The lowest BCUT2D eigenvalue weighted by Crippen LogP contribution is -2.44. The highest BCUT2D eigenvalue weighted by Gasteiger charge is 2.43. The Morgan fingerprint density at radius 1 is 1.39 bits per heavy atom. The number of hydrogen-bond donors (Lipinski definition) is 2. The fourth-order valence-electron chi connectivity index (χ4n) is 2.47. The van der Waals surface area contributed by atoms with Gasteiger partial charge in [-0.3, -0.25) is 0 Å². The number of imidazole rings is 1. The standard InChI is InChI=1S/C17H22N4OS/c1-14(11-21-10-9-18-13-21)20-16(22)19-12-17(7-8-17)23-15-5-3-2-4-6-15/h2-6,9-10,13-14H,7-8,11-12H2,1H3,(H2,19,20,22)/t14-/m0/s1. The molecule has 1 saturated carbocycles. The summed E-state index contributed by atoms with van der Waals surface area (Å²) < 4.78 is 2.13. The van der Waals surface area contributed by atoms with Crippen LogP contribution in [0.3, 0.4) is 0 Å². The minimum absolute atomic E-state index is 0.0566. The molecule has 1 aromatic heterocycles. The minimum atomic E-state index is -0.0995. The summed E-state index contributed by atoms with van der Waals surface area (Å²) in [5.74, 6) is 0.